The molecule has 0 N–H and O–H groups in total. The molecule has 1 fully saturated rings. The first-order chi connectivity index (χ1) is 8.65. The lowest BCUT2D eigenvalue weighted by atomic mass is 10.1. The molecule has 4 nitrogen and oxygen atoms in total. The van der Waals surface area contributed by atoms with Crippen LogP contribution in [0.5, 0.6) is 0 Å². The van der Waals surface area contributed by atoms with Crippen LogP contribution in [-0.2, 0) is 18.7 Å². The van der Waals surface area contributed by atoms with E-state index in [-0.39, 0.29) is 23.2 Å². The van der Waals surface area contributed by atoms with Gasteiger partial charge in [0.2, 0.25) is 0 Å². The summed E-state index contributed by atoms with van der Waals surface area (Å²) in [5, 5.41) is 0.219. The summed E-state index contributed by atoms with van der Waals surface area (Å²) in [6, 6.07) is 0. The van der Waals surface area contributed by atoms with Crippen LogP contribution in [-0.4, -0.2) is 40.2 Å². The van der Waals surface area contributed by atoms with Crippen molar-refractivity contribution in [2.24, 2.45) is 0 Å². The minimum atomic E-state index is -1.70. The van der Waals surface area contributed by atoms with Gasteiger partial charge in [-0.1, -0.05) is 20.8 Å². The third kappa shape index (κ3) is 4.89. The minimum absolute atomic E-state index is 0.000431. The first kappa shape index (κ1) is 16.7. The van der Waals surface area contributed by atoms with Gasteiger partial charge in [0, 0.05) is 0 Å². The average Bonchev–Trinajstić information content (AvgIpc) is 2.72. The molecule has 0 aromatic carbocycles. The predicted octanol–water partition coefficient (Wildman–Crippen LogP) is 3.12. The summed E-state index contributed by atoms with van der Waals surface area (Å²) in [6.07, 6.45) is 2.37. The van der Waals surface area contributed by atoms with Crippen molar-refractivity contribution in [1.29, 1.82) is 0 Å². The number of rotatable bonds is 5. The van der Waals surface area contributed by atoms with Gasteiger partial charge in [0.15, 0.2) is 8.32 Å². The molecule has 0 spiro atoms. The van der Waals surface area contributed by atoms with Gasteiger partial charge < -0.3 is 13.9 Å². The first-order valence-electron chi connectivity index (χ1n) is 7.02. The average molecular weight is 288 g/mol. The zero-order chi connectivity index (χ0) is 14.7. The Labute approximate surface area is 117 Å². The Balaban J connectivity index is 2.35. The molecule has 1 heterocycles. The van der Waals surface area contributed by atoms with Crippen LogP contribution in [0.2, 0.25) is 18.1 Å². The number of esters is 1. The molecule has 1 rings (SSSR count). The van der Waals surface area contributed by atoms with Gasteiger partial charge in [-0.3, -0.25) is 4.79 Å². The van der Waals surface area contributed by atoms with Crippen LogP contribution in [0, 0.1) is 0 Å². The van der Waals surface area contributed by atoms with Gasteiger partial charge in [0.25, 0.3) is 0 Å². The second-order valence-corrected chi connectivity index (χ2v) is 11.6. The molecule has 112 valence electrons. The van der Waals surface area contributed by atoms with Crippen LogP contribution in [0.1, 0.15) is 40.0 Å². The highest BCUT2D eigenvalue weighted by molar-refractivity contribution is 6.74. The molecule has 0 aromatic heterocycles. The lowest BCUT2D eigenvalue weighted by Crippen LogP contribution is -2.42. The molecule has 1 aliphatic rings. The van der Waals surface area contributed by atoms with Crippen LogP contribution in [0.3, 0.4) is 0 Å². The quantitative estimate of drug-likeness (QED) is 0.576. The second kappa shape index (κ2) is 6.37. The van der Waals surface area contributed by atoms with Gasteiger partial charge in [0.05, 0.1) is 32.3 Å². The van der Waals surface area contributed by atoms with Crippen molar-refractivity contribution in [3.8, 4) is 0 Å². The third-order valence-corrected chi connectivity index (χ3v) is 8.75. The molecule has 0 amide bonds. The molecule has 0 aromatic rings. The molecule has 0 unspecified atom stereocenters. The van der Waals surface area contributed by atoms with Crippen molar-refractivity contribution < 1.29 is 18.7 Å². The van der Waals surface area contributed by atoms with E-state index in [4.69, 9.17) is 9.16 Å². The number of hydrogen-bond acceptors (Lipinski definition) is 4. The molecule has 1 saturated heterocycles. The maximum atomic E-state index is 11.2. The molecule has 0 bridgehead atoms. The Kier molecular flexibility index (Phi) is 5.59. The van der Waals surface area contributed by atoms with E-state index in [0.717, 1.165) is 12.8 Å². The number of carbonyl (C=O) groups excluding carboxylic acids is 1. The van der Waals surface area contributed by atoms with E-state index in [2.05, 4.69) is 38.6 Å². The normalized spacial score (nSPS) is 24.5. The van der Waals surface area contributed by atoms with E-state index in [1.54, 1.807) is 0 Å². The van der Waals surface area contributed by atoms with Crippen LogP contribution in [0.4, 0.5) is 0 Å². The Morgan fingerprint density at radius 3 is 2.37 bits per heavy atom. The topological polar surface area (TPSA) is 44.8 Å². The fourth-order valence-electron chi connectivity index (χ4n) is 1.84. The van der Waals surface area contributed by atoms with Crippen molar-refractivity contribution in [3.05, 3.63) is 0 Å². The van der Waals surface area contributed by atoms with Crippen LogP contribution in [0.15, 0.2) is 0 Å². The van der Waals surface area contributed by atoms with Crippen LogP contribution in [0.25, 0.3) is 0 Å². The minimum Gasteiger partial charge on any atom is -0.469 e. The van der Waals surface area contributed by atoms with Gasteiger partial charge in [-0.15, -0.1) is 0 Å². The maximum Gasteiger partial charge on any atom is 0.308 e. The molecule has 2 atom stereocenters. The Hall–Kier alpha value is -0.393. The maximum absolute atomic E-state index is 11.2. The Morgan fingerprint density at radius 2 is 1.84 bits per heavy atom. The lowest BCUT2D eigenvalue weighted by Gasteiger charge is -2.36. The van der Waals surface area contributed by atoms with Gasteiger partial charge >= 0.3 is 5.97 Å². The fourth-order valence-corrected chi connectivity index (χ4v) is 2.88. The Morgan fingerprint density at radius 1 is 1.26 bits per heavy atom. The summed E-state index contributed by atoms with van der Waals surface area (Å²) in [5.74, 6) is -0.198. The van der Waals surface area contributed by atoms with Crippen molar-refractivity contribution in [1.82, 2.24) is 0 Å². The smallest absolute Gasteiger partial charge is 0.308 e. The van der Waals surface area contributed by atoms with Gasteiger partial charge in [-0.05, 0) is 31.0 Å². The number of methoxy groups -OCH3 is 1. The number of ether oxygens (including phenoxy) is 2. The van der Waals surface area contributed by atoms with Gasteiger partial charge in [0.1, 0.15) is 0 Å². The molecule has 0 saturated carbocycles. The highest BCUT2D eigenvalue weighted by atomic mass is 28.4. The number of hydrogen-bond donors (Lipinski definition) is 0. The van der Waals surface area contributed by atoms with E-state index < -0.39 is 8.32 Å². The second-order valence-electron chi connectivity index (χ2n) is 6.81. The van der Waals surface area contributed by atoms with Gasteiger partial charge in [-0.25, -0.2) is 0 Å². The lowest BCUT2D eigenvalue weighted by molar-refractivity contribution is -0.143. The Bertz CT molecular complexity index is 309. The van der Waals surface area contributed by atoms with Crippen LogP contribution < -0.4 is 0 Å². The van der Waals surface area contributed by atoms with Crippen LogP contribution >= 0.6 is 0 Å². The molecule has 19 heavy (non-hydrogen) atoms. The zero-order valence-electron chi connectivity index (χ0n) is 13.1. The van der Waals surface area contributed by atoms with Crippen molar-refractivity contribution in [3.63, 3.8) is 0 Å². The van der Waals surface area contributed by atoms with E-state index in [9.17, 15) is 4.79 Å². The van der Waals surface area contributed by atoms with E-state index in [0.29, 0.717) is 13.0 Å². The molecule has 5 heteroatoms. The van der Waals surface area contributed by atoms with Crippen molar-refractivity contribution >= 4 is 14.3 Å². The molecular formula is C14H28O4Si. The monoisotopic (exact) mass is 288 g/mol. The summed E-state index contributed by atoms with van der Waals surface area (Å²) < 4.78 is 16.7. The third-order valence-electron chi connectivity index (χ3n) is 4.25. The standard InChI is InChI=1S/C14H28O4Si/c1-14(2,3)19(5,6)17-10-12-8-7-11(18-12)9-13(15)16-4/h11-12H,7-10H2,1-6H3/t11-,12+/m1/s1. The van der Waals surface area contributed by atoms with E-state index >= 15 is 0 Å². The SMILES string of the molecule is COC(=O)C[C@H]1CC[C@@H](CO[Si](C)(C)C(C)(C)C)O1. The highest BCUT2D eigenvalue weighted by Crippen LogP contribution is 2.37. The number of carbonyl (C=O) groups is 1. The fraction of sp³-hybridized carbons (Fsp3) is 0.929. The van der Waals surface area contributed by atoms with E-state index in [1.807, 2.05) is 0 Å². The first-order valence-corrected chi connectivity index (χ1v) is 9.93. The van der Waals surface area contributed by atoms with Gasteiger partial charge in [-0.2, -0.15) is 0 Å². The summed E-state index contributed by atoms with van der Waals surface area (Å²) in [6.45, 7) is 11.8. The molecule has 1 aliphatic heterocycles. The summed E-state index contributed by atoms with van der Waals surface area (Å²) in [4.78, 5) is 11.2. The van der Waals surface area contributed by atoms with Crippen molar-refractivity contribution in [2.45, 2.75) is 70.4 Å². The van der Waals surface area contributed by atoms with Crippen molar-refractivity contribution in [2.75, 3.05) is 13.7 Å². The molecular weight excluding hydrogens is 260 g/mol. The largest absolute Gasteiger partial charge is 0.469 e. The summed E-state index contributed by atoms with van der Waals surface area (Å²) >= 11 is 0. The predicted molar refractivity (Wildman–Crippen MR) is 77.7 cm³/mol. The molecule has 0 radical (unpaired) electrons. The van der Waals surface area contributed by atoms with E-state index in [1.165, 1.54) is 7.11 Å². The molecule has 0 aliphatic carbocycles. The highest BCUT2D eigenvalue weighted by Gasteiger charge is 2.38. The zero-order valence-corrected chi connectivity index (χ0v) is 14.1. The summed E-state index contributed by atoms with van der Waals surface area (Å²) in [5.41, 5.74) is 0. The summed E-state index contributed by atoms with van der Waals surface area (Å²) in [7, 11) is -0.293.